The van der Waals surface area contributed by atoms with Crippen LogP contribution >= 0.6 is 0 Å². The van der Waals surface area contributed by atoms with Gasteiger partial charge >= 0.3 is 5.97 Å². The Morgan fingerprint density at radius 2 is 1.95 bits per heavy atom. The zero-order valence-electron chi connectivity index (χ0n) is 12.0. The molecule has 0 aromatic heterocycles. The summed E-state index contributed by atoms with van der Waals surface area (Å²) < 4.78 is 30.5. The van der Waals surface area contributed by atoms with E-state index < -0.39 is 10.0 Å². The van der Waals surface area contributed by atoms with Crippen molar-refractivity contribution >= 4 is 21.7 Å². The lowest BCUT2D eigenvalue weighted by molar-refractivity contribution is 0.0295. The van der Waals surface area contributed by atoms with Crippen molar-refractivity contribution in [1.82, 2.24) is 0 Å². The molecule has 0 spiro atoms. The number of anilines is 1. The highest BCUT2D eigenvalue weighted by atomic mass is 32.2. The van der Waals surface area contributed by atoms with Gasteiger partial charge in [0.25, 0.3) is 0 Å². The molecule has 1 atom stereocenters. The summed E-state index contributed by atoms with van der Waals surface area (Å²) in [7, 11) is -3.18. The van der Waals surface area contributed by atoms with Gasteiger partial charge in [0, 0.05) is 6.54 Å². The second-order valence-electron chi connectivity index (χ2n) is 5.74. The van der Waals surface area contributed by atoms with Crippen molar-refractivity contribution in [3.8, 4) is 0 Å². The Balaban J connectivity index is 1.70. The number of carbonyl (C=O) groups is 1. The van der Waals surface area contributed by atoms with Crippen molar-refractivity contribution < 1.29 is 17.9 Å². The van der Waals surface area contributed by atoms with E-state index in [9.17, 15) is 13.2 Å². The molecule has 1 heterocycles. The summed E-state index contributed by atoms with van der Waals surface area (Å²) in [6, 6.07) is 6.60. The Hall–Kier alpha value is -1.56. The lowest BCUT2D eigenvalue weighted by Gasteiger charge is -2.17. The smallest absolute Gasteiger partial charge is 0.338 e. The Bertz CT molecular complexity index is 634. The summed E-state index contributed by atoms with van der Waals surface area (Å²) in [4.78, 5) is 12.0. The number of benzene rings is 1. The average molecular weight is 309 g/mol. The van der Waals surface area contributed by atoms with Crippen molar-refractivity contribution in [2.24, 2.45) is 5.92 Å². The first-order chi connectivity index (χ1) is 9.97. The summed E-state index contributed by atoms with van der Waals surface area (Å²) in [5.74, 6) is 0.351. The number of nitrogens with zero attached hydrogens (tertiary/aromatic N) is 1. The Kier molecular flexibility index (Phi) is 3.65. The second kappa shape index (κ2) is 5.33. The van der Waals surface area contributed by atoms with E-state index in [1.54, 1.807) is 24.3 Å². The van der Waals surface area contributed by atoms with Gasteiger partial charge in [0.2, 0.25) is 10.0 Å². The van der Waals surface area contributed by atoms with Crippen LogP contribution in [0.15, 0.2) is 24.3 Å². The predicted molar refractivity (Wildman–Crippen MR) is 79.8 cm³/mol. The number of esters is 1. The Morgan fingerprint density at radius 3 is 2.48 bits per heavy atom. The van der Waals surface area contributed by atoms with Gasteiger partial charge < -0.3 is 4.74 Å². The highest BCUT2D eigenvalue weighted by molar-refractivity contribution is 7.93. The van der Waals surface area contributed by atoms with Gasteiger partial charge in [0.15, 0.2) is 0 Å². The predicted octanol–water partition coefficient (Wildman–Crippen LogP) is 2.18. The third kappa shape index (κ3) is 3.05. The van der Waals surface area contributed by atoms with Gasteiger partial charge in [-0.25, -0.2) is 13.2 Å². The van der Waals surface area contributed by atoms with E-state index in [0.717, 1.165) is 12.8 Å². The molecule has 2 aliphatic rings. The van der Waals surface area contributed by atoms with Crippen LogP contribution in [0, 0.1) is 5.92 Å². The molecule has 3 rings (SSSR count). The number of carbonyl (C=O) groups excluding carboxylic acids is 1. The number of sulfonamides is 1. The molecular weight excluding hydrogens is 290 g/mol. The maximum Gasteiger partial charge on any atom is 0.338 e. The van der Waals surface area contributed by atoms with Crippen LogP contribution in [0.25, 0.3) is 0 Å². The molecule has 1 saturated heterocycles. The zero-order valence-corrected chi connectivity index (χ0v) is 12.8. The van der Waals surface area contributed by atoms with Gasteiger partial charge in [0.05, 0.1) is 17.0 Å². The normalized spacial score (nSPS) is 22.0. The molecule has 0 N–H and O–H groups in total. The van der Waals surface area contributed by atoms with Crippen LogP contribution in [-0.4, -0.2) is 32.8 Å². The molecule has 114 valence electrons. The summed E-state index contributed by atoms with van der Waals surface area (Å²) in [6.07, 6.45) is 2.85. The molecule has 6 heteroatoms. The average Bonchev–Trinajstić information content (AvgIpc) is 3.23. The van der Waals surface area contributed by atoms with E-state index in [-0.39, 0.29) is 17.8 Å². The maximum atomic E-state index is 12.0. The number of hydrogen-bond acceptors (Lipinski definition) is 4. The first-order valence-corrected chi connectivity index (χ1v) is 8.90. The molecular formula is C15H19NO4S. The Labute approximate surface area is 124 Å². The van der Waals surface area contributed by atoms with Crippen molar-refractivity contribution in [3.63, 3.8) is 0 Å². The van der Waals surface area contributed by atoms with Gasteiger partial charge in [-0.2, -0.15) is 0 Å². The molecule has 1 aliphatic heterocycles. The van der Waals surface area contributed by atoms with Crippen molar-refractivity contribution in [3.05, 3.63) is 29.8 Å². The van der Waals surface area contributed by atoms with Gasteiger partial charge in [0.1, 0.15) is 6.10 Å². The third-order valence-electron chi connectivity index (χ3n) is 4.07. The maximum absolute atomic E-state index is 12.0. The molecule has 1 aliphatic carbocycles. The monoisotopic (exact) mass is 309 g/mol. The van der Waals surface area contributed by atoms with Crippen LogP contribution in [0.2, 0.25) is 0 Å². The van der Waals surface area contributed by atoms with Crippen molar-refractivity contribution in [1.29, 1.82) is 0 Å². The third-order valence-corrected chi connectivity index (χ3v) is 5.94. The Morgan fingerprint density at radius 1 is 1.29 bits per heavy atom. The van der Waals surface area contributed by atoms with Gasteiger partial charge in [-0.15, -0.1) is 0 Å². The van der Waals surface area contributed by atoms with E-state index in [2.05, 4.69) is 0 Å². The summed E-state index contributed by atoms with van der Waals surface area (Å²) >= 11 is 0. The first-order valence-electron chi connectivity index (χ1n) is 7.29. The topological polar surface area (TPSA) is 63.7 Å². The standard InChI is InChI=1S/C15H19NO4S/c1-11(12-3-4-12)20-15(17)13-5-7-14(8-6-13)16-9-2-10-21(16,18)19/h5-8,11-12H,2-4,9-10H2,1H3. The first kappa shape index (κ1) is 14.4. The largest absolute Gasteiger partial charge is 0.459 e. The molecule has 1 aromatic rings. The van der Waals surface area contributed by atoms with Gasteiger partial charge in [-0.1, -0.05) is 0 Å². The fourth-order valence-corrected chi connectivity index (χ4v) is 4.16. The van der Waals surface area contributed by atoms with Crippen LogP contribution in [0.4, 0.5) is 5.69 Å². The summed E-state index contributed by atoms with van der Waals surface area (Å²) in [5, 5.41) is 0. The van der Waals surface area contributed by atoms with E-state index in [1.165, 1.54) is 4.31 Å². The summed E-state index contributed by atoms with van der Waals surface area (Å²) in [5.41, 5.74) is 1.07. The molecule has 1 unspecified atom stereocenters. The van der Waals surface area contributed by atoms with Crippen LogP contribution in [0.1, 0.15) is 36.5 Å². The molecule has 0 amide bonds. The molecule has 1 aromatic carbocycles. The zero-order chi connectivity index (χ0) is 15.0. The number of rotatable bonds is 4. The van der Waals surface area contributed by atoms with Crippen LogP contribution in [-0.2, 0) is 14.8 Å². The highest BCUT2D eigenvalue weighted by Crippen LogP contribution is 2.34. The quantitative estimate of drug-likeness (QED) is 0.800. The lowest BCUT2D eigenvalue weighted by Crippen LogP contribution is -2.25. The number of ether oxygens (including phenoxy) is 1. The van der Waals surface area contributed by atoms with E-state index in [0.29, 0.717) is 30.1 Å². The molecule has 1 saturated carbocycles. The molecule has 0 radical (unpaired) electrons. The van der Waals surface area contributed by atoms with E-state index in [1.807, 2.05) is 6.92 Å². The van der Waals surface area contributed by atoms with Crippen LogP contribution in [0.5, 0.6) is 0 Å². The lowest BCUT2D eigenvalue weighted by atomic mass is 10.2. The van der Waals surface area contributed by atoms with Crippen molar-refractivity contribution in [2.75, 3.05) is 16.6 Å². The molecule has 0 bridgehead atoms. The SMILES string of the molecule is CC(OC(=O)c1ccc(N2CCCS2(=O)=O)cc1)C1CC1. The van der Waals surface area contributed by atoms with Crippen molar-refractivity contribution in [2.45, 2.75) is 32.3 Å². The van der Waals surface area contributed by atoms with E-state index in [4.69, 9.17) is 4.74 Å². The highest BCUT2D eigenvalue weighted by Gasteiger charge is 2.31. The molecule has 2 fully saturated rings. The fourth-order valence-electron chi connectivity index (χ4n) is 2.59. The minimum Gasteiger partial charge on any atom is -0.459 e. The van der Waals surface area contributed by atoms with Gasteiger partial charge in [-0.05, 0) is 56.4 Å². The molecule has 5 nitrogen and oxygen atoms in total. The molecule has 21 heavy (non-hydrogen) atoms. The van der Waals surface area contributed by atoms with Crippen LogP contribution in [0.3, 0.4) is 0 Å². The number of hydrogen-bond donors (Lipinski definition) is 0. The van der Waals surface area contributed by atoms with Gasteiger partial charge in [-0.3, -0.25) is 4.31 Å². The van der Waals surface area contributed by atoms with Crippen LogP contribution < -0.4 is 4.31 Å². The summed E-state index contributed by atoms with van der Waals surface area (Å²) in [6.45, 7) is 2.42. The minimum absolute atomic E-state index is 0.0452. The minimum atomic E-state index is -3.18. The second-order valence-corrected chi connectivity index (χ2v) is 7.75. The van der Waals surface area contributed by atoms with E-state index >= 15 is 0 Å². The fraction of sp³-hybridized carbons (Fsp3) is 0.533.